The van der Waals surface area contributed by atoms with Gasteiger partial charge in [-0.3, -0.25) is 9.59 Å². The van der Waals surface area contributed by atoms with E-state index in [0.29, 0.717) is 17.8 Å². The third-order valence-electron chi connectivity index (χ3n) is 5.52. The molecule has 1 atom stereocenters. The minimum Gasteiger partial charge on any atom is -0.362 e. The molecule has 0 fully saturated rings. The second kappa shape index (κ2) is 8.40. The van der Waals surface area contributed by atoms with Crippen LogP contribution < -0.4 is 10.6 Å². The van der Waals surface area contributed by atoms with Gasteiger partial charge in [0.05, 0.1) is 4.21 Å². The highest BCUT2D eigenvalue weighted by Gasteiger charge is 2.39. The molecular weight excluding hydrogens is 414 g/mol. The summed E-state index contributed by atoms with van der Waals surface area (Å²) < 4.78 is 1.15. The van der Waals surface area contributed by atoms with Crippen molar-refractivity contribution in [2.75, 3.05) is 11.6 Å². The van der Waals surface area contributed by atoms with Gasteiger partial charge in [-0.15, -0.1) is 23.1 Å². The van der Waals surface area contributed by atoms with E-state index in [1.165, 1.54) is 4.88 Å². The van der Waals surface area contributed by atoms with Crippen molar-refractivity contribution in [3.63, 3.8) is 0 Å². The van der Waals surface area contributed by atoms with Gasteiger partial charge in [0.1, 0.15) is 5.82 Å². The molecule has 0 saturated carbocycles. The number of thioether (sulfide) groups is 1. The number of nitrogens with one attached hydrogen (secondary N) is 2. The lowest BCUT2D eigenvalue weighted by atomic mass is 9.75. The quantitative estimate of drug-likeness (QED) is 0.650. The van der Waals surface area contributed by atoms with E-state index in [1.807, 2.05) is 26.2 Å². The Bertz CT molecular complexity index is 1080. The predicted molar refractivity (Wildman–Crippen MR) is 123 cm³/mol. The topological polar surface area (TPSA) is 71.1 Å². The highest BCUT2D eigenvalue weighted by molar-refractivity contribution is 8.00. The SMILES string of the molecule is CSc1sc(C)cc1[C@H]1C(C(=O)Nc2ccc(C)cn2)=C(C)NC2=C1C(=O)CCC2. The lowest BCUT2D eigenvalue weighted by Gasteiger charge is -2.34. The van der Waals surface area contributed by atoms with E-state index >= 15 is 0 Å². The van der Waals surface area contributed by atoms with Crippen molar-refractivity contribution in [3.05, 3.63) is 62.9 Å². The number of rotatable bonds is 4. The number of aryl methyl sites for hydroxylation is 2. The highest BCUT2D eigenvalue weighted by atomic mass is 32.2. The number of allylic oxidation sites excluding steroid dienone is 3. The second-order valence-corrected chi connectivity index (χ2v) is 10.1. The summed E-state index contributed by atoms with van der Waals surface area (Å²) in [6, 6.07) is 5.84. The van der Waals surface area contributed by atoms with Crippen molar-refractivity contribution in [3.8, 4) is 0 Å². The third kappa shape index (κ3) is 3.84. The summed E-state index contributed by atoms with van der Waals surface area (Å²) in [5.41, 5.74) is 5.20. The van der Waals surface area contributed by atoms with Crippen LogP contribution in [0.3, 0.4) is 0 Å². The molecule has 156 valence electrons. The first kappa shape index (κ1) is 20.9. The van der Waals surface area contributed by atoms with Crippen LogP contribution in [-0.2, 0) is 9.59 Å². The molecule has 0 bridgehead atoms. The van der Waals surface area contributed by atoms with Gasteiger partial charge >= 0.3 is 0 Å². The average Bonchev–Trinajstić information content (AvgIpc) is 3.09. The Hall–Kier alpha value is -2.38. The van der Waals surface area contributed by atoms with Crippen LogP contribution in [0.15, 0.2) is 51.1 Å². The number of nitrogens with zero attached hydrogens (tertiary/aromatic N) is 1. The van der Waals surface area contributed by atoms with E-state index in [2.05, 4.69) is 28.6 Å². The standard InChI is InChI=1S/C23H25N3O2S2/c1-12-8-9-18(24-11-12)26-22(28)19-14(3)25-16-6-5-7-17(27)21(16)20(19)15-10-13(2)30-23(15)29-4/h8-11,20,25H,5-7H2,1-4H3,(H,24,26,28)/t20-/m0/s1. The number of ketones is 1. The van der Waals surface area contributed by atoms with Crippen molar-refractivity contribution >= 4 is 40.6 Å². The zero-order chi connectivity index (χ0) is 21.4. The van der Waals surface area contributed by atoms with Crippen LogP contribution in [0, 0.1) is 13.8 Å². The molecular formula is C23H25N3O2S2. The largest absolute Gasteiger partial charge is 0.362 e. The smallest absolute Gasteiger partial charge is 0.255 e. The monoisotopic (exact) mass is 439 g/mol. The maximum atomic E-state index is 13.4. The number of amides is 1. The normalized spacial score (nSPS) is 18.9. The molecule has 0 saturated heterocycles. The summed E-state index contributed by atoms with van der Waals surface area (Å²) in [4.78, 5) is 32.0. The molecule has 0 spiro atoms. The molecule has 1 amide bonds. The molecule has 1 aliphatic heterocycles. The number of hydrogen-bond donors (Lipinski definition) is 2. The number of pyridine rings is 1. The summed E-state index contributed by atoms with van der Waals surface area (Å²) in [6.07, 6.45) is 5.98. The van der Waals surface area contributed by atoms with Gasteiger partial charge in [-0.25, -0.2) is 4.98 Å². The Labute approximate surface area is 185 Å². The summed E-state index contributed by atoms with van der Waals surface area (Å²) in [5.74, 6) is 0.0657. The van der Waals surface area contributed by atoms with E-state index in [1.54, 1.807) is 35.4 Å². The average molecular weight is 440 g/mol. The maximum Gasteiger partial charge on any atom is 0.255 e. The molecule has 1 aliphatic carbocycles. The molecule has 4 rings (SSSR count). The van der Waals surface area contributed by atoms with E-state index in [-0.39, 0.29) is 17.6 Å². The Morgan fingerprint density at radius 3 is 2.77 bits per heavy atom. The summed E-state index contributed by atoms with van der Waals surface area (Å²) in [6.45, 7) is 5.95. The molecule has 2 N–H and O–H groups in total. The van der Waals surface area contributed by atoms with Crippen molar-refractivity contribution in [1.29, 1.82) is 0 Å². The van der Waals surface area contributed by atoms with Crippen molar-refractivity contribution in [1.82, 2.24) is 10.3 Å². The van der Waals surface area contributed by atoms with Crippen molar-refractivity contribution in [2.24, 2.45) is 0 Å². The zero-order valence-electron chi connectivity index (χ0n) is 17.6. The predicted octanol–water partition coefficient (Wildman–Crippen LogP) is 5.09. The van der Waals surface area contributed by atoms with Gasteiger partial charge in [-0.1, -0.05) is 6.07 Å². The lowest BCUT2D eigenvalue weighted by molar-refractivity contribution is -0.116. The number of anilines is 1. The molecule has 2 aromatic heterocycles. The summed E-state index contributed by atoms with van der Waals surface area (Å²) in [7, 11) is 0. The maximum absolute atomic E-state index is 13.4. The number of carbonyl (C=O) groups is 2. The summed E-state index contributed by atoms with van der Waals surface area (Å²) in [5, 5.41) is 6.31. The first-order valence-electron chi connectivity index (χ1n) is 10.0. The molecule has 7 heteroatoms. The van der Waals surface area contributed by atoms with E-state index in [0.717, 1.165) is 45.1 Å². The second-order valence-electron chi connectivity index (χ2n) is 7.74. The van der Waals surface area contributed by atoms with Gasteiger partial charge in [0, 0.05) is 46.0 Å². The van der Waals surface area contributed by atoms with Crippen LogP contribution in [0.1, 0.15) is 48.1 Å². The number of aromatic nitrogens is 1. The van der Waals surface area contributed by atoms with Gasteiger partial charge in [0.2, 0.25) is 0 Å². The van der Waals surface area contributed by atoms with Gasteiger partial charge in [0.15, 0.2) is 5.78 Å². The van der Waals surface area contributed by atoms with E-state index in [9.17, 15) is 9.59 Å². The lowest BCUT2D eigenvalue weighted by Crippen LogP contribution is -2.35. The van der Waals surface area contributed by atoms with Crippen LogP contribution in [0.5, 0.6) is 0 Å². The number of dihydropyridines is 1. The molecule has 0 unspecified atom stereocenters. The number of carbonyl (C=O) groups excluding carboxylic acids is 2. The van der Waals surface area contributed by atoms with Crippen LogP contribution >= 0.6 is 23.1 Å². The zero-order valence-corrected chi connectivity index (χ0v) is 19.2. The first-order chi connectivity index (χ1) is 14.4. The molecule has 2 aliphatic rings. The fourth-order valence-corrected chi connectivity index (χ4v) is 6.11. The molecule has 0 radical (unpaired) electrons. The Balaban J connectivity index is 1.81. The van der Waals surface area contributed by atoms with Crippen LogP contribution in [0.2, 0.25) is 0 Å². The van der Waals surface area contributed by atoms with Crippen LogP contribution in [0.25, 0.3) is 0 Å². The fraction of sp³-hybridized carbons (Fsp3) is 0.348. The van der Waals surface area contributed by atoms with Crippen LogP contribution in [0.4, 0.5) is 5.82 Å². The Morgan fingerprint density at radius 2 is 2.07 bits per heavy atom. The number of hydrogen-bond acceptors (Lipinski definition) is 6. The third-order valence-corrected chi connectivity index (χ3v) is 7.74. The van der Waals surface area contributed by atoms with Gasteiger partial charge in [-0.05, 0) is 63.1 Å². The Morgan fingerprint density at radius 1 is 1.27 bits per heavy atom. The molecule has 2 aromatic rings. The molecule has 5 nitrogen and oxygen atoms in total. The van der Waals surface area contributed by atoms with E-state index in [4.69, 9.17) is 0 Å². The number of Topliss-reactive ketones (excluding diaryl/α,β-unsaturated/α-hetero) is 1. The molecule has 3 heterocycles. The highest BCUT2D eigenvalue weighted by Crippen LogP contribution is 2.47. The molecule has 0 aromatic carbocycles. The van der Waals surface area contributed by atoms with Gasteiger partial charge < -0.3 is 10.6 Å². The minimum atomic E-state index is -0.355. The van der Waals surface area contributed by atoms with Gasteiger partial charge in [-0.2, -0.15) is 0 Å². The van der Waals surface area contributed by atoms with E-state index < -0.39 is 0 Å². The first-order valence-corrected chi connectivity index (χ1v) is 12.1. The minimum absolute atomic E-state index is 0.135. The fourth-order valence-electron chi connectivity index (χ4n) is 4.19. The number of thiophene rings is 1. The van der Waals surface area contributed by atoms with Crippen molar-refractivity contribution in [2.45, 2.75) is 50.2 Å². The van der Waals surface area contributed by atoms with Crippen LogP contribution in [-0.4, -0.2) is 22.9 Å². The summed E-state index contributed by atoms with van der Waals surface area (Å²) >= 11 is 3.38. The van der Waals surface area contributed by atoms with Crippen molar-refractivity contribution < 1.29 is 9.59 Å². The molecule has 30 heavy (non-hydrogen) atoms. The Kier molecular flexibility index (Phi) is 5.84. The van der Waals surface area contributed by atoms with Gasteiger partial charge in [0.25, 0.3) is 5.91 Å².